The Bertz CT molecular complexity index is 751. The van der Waals surface area contributed by atoms with Gasteiger partial charge in [-0.2, -0.15) is 0 Å². The second-order valence-corrected chi connectivity index (χ2v) is 7.09. The van der Waals surface area contributed by atoms with Gasteiger partial charge in [0.25, 0.3) is 5.91 Å². The molecule has 0 radical (unpaired) electrons. The first kappa shape index (κ1) is 15.6. The number of nitrogens with zero attached hydrogens (tertiary/aromatic N) is 4. The average molecular weight is 327 g/mol. The highest BCUT2D eigenvalue weighted by Crippen LogP contribution is 2.37. The van der Waals surface area contributed by atoms with Crippen LogP contribution in [0.2, 0.25) is 0 Å². The molecule has 6 nitrogen and oxygen atoms in total. The van der Waals surface area contributed by atoms with Crippen LogP contribution in [-0.4, -0.2) is 50.5 Å². The second kappa shape index (κ2) is 6.16. The minimum Gasteiger partial charge on any atom is -0.348 e. The van der Waals surface area contributed by atoms with Gasteiger partial charge < -0.3 is 14.8 Å². The van der Waals surface area contributed by atoms with Crippen LogP contribution in [0.15, 0.2) is 18.6 Å². The first-order valence-corrected chi connectivity index (χ1v) is 9.03. The van der Waals surface area contributed by atoms with Gasteiger partial charge in [-0.3, -0.25) is 4.79 Å². The largest absolute Gasteiger partial charge is 0.348 e. The van der Waals surface area contributed by atoms with Crippen LogP contribution in [0.1, 0.15) is 56.1 Å². The quantitative estimate of drug-likeness (QED) is 0.936. The first-order chi connectivity index (χ1) is 11.7. The Labute approximate surface area is 142 Å². The van der Waals surface area contributed by atoms with Crippen molar-refractivity contribution in [1.29, 1.82) is 0 Å². The molecule has 0 bridgehead atoms. The van der Waals surface area contributed by atoms with Crippen molar-refractivity contribution in [3.63, 3.8) is 0 Å². The number of hydrogen-bond donors (Lipinski definition) is 1. The zero-order valence-electron chi connectivity index (χ0n) is 14.4. The number of fused-ring (bicyclic) bond motifs is 1. The molecule has 1 saturated carbocycles. The summed E-state index contributed by atoms with van der Waals surface area (Å²) in [7, 11) is 0. The zero-order valence-corrected chi connectivity index (χ0v) is 14.4. The summed E-state index contributed by atoms with van der Waals surface area (Å²) in [6.45, 7) is 6.54. The SMILES string of the molecule is CCN1CCC(NC(=O)c2ncnc3c2ccn3C2CC2)CC1C. The average Bonchev–Trinajstić information content (AvgIpc) is 3.33. The molecule has 1 saturated heterocycles. The molecule has 2 unspecified atom stereocenters. The number of rotatable bonds is 4. The van der Waals surface area contributed by atoms with Crippen molar-refractivity contribution in [3.05, 3.63) is 24.3 Å². The van der Waals surface area contributed by atoms with Gasteiger partial charge in [0.1, 0.15) is 17.7 Å². The molecular weight excluding hydrogens is 302 g/mol. The van der Waals surface area contributed by atoms with Crippen LogP contribution in [0.4, 0.5) is 0 Å². The van der Waals surface area contributed by atoms with Gasteiger partial charge in [0, 0.05) is 30.9 Å². The van der Waals surface area contributed by atoms with Gasteiger partial charge in [0.2, 0.25) is 0 Å². The van der Waals surface area contributed by atoms with E-state index in [2.05, 4.69) is 38.6 Å². The van der Waals surface area contributed by atoms with Crippen LogP contribution in [0.25, 0.3) is 11.0 Å². The van der Waals surface area contributed by atoms with Gasteiger partial charge >= 0.3 is 0 Å². The predicted octanol–water partition coefficient (Wildman–Crippen LogP) is 2.37. The lowest BCUT2D eigenvalue weighted by Gasteiger charge is -2.37. The van der Waals surface area contributed by atoms with Crippen molar-refractivity contribution < 1.29 is 4.79 Å². The van der Waals surface area contributed by atoms with Gasteiger partial charge in [-0.15, -0.1) is 0 Å². The van der Waals surface area contributed by atoms with E-state index in [1.54, 1.807) is 0 Å². The molecule has 6 heteroatoms. The van der Waals surface area contributed by atoms with Gasteiger partial charge in [0.15, 0.2) is 0 Å². The lowest BCUT2D eigenvalue weighted by atomic mass is 9.98. The molecule has 2 atom stereocenters. The Balaban J connectivity index is 1.52. The summed E-state index contributed by atoms with van der Waals surface area (Å²) in [6, 6.07) is 3.26. The molecule has 0 aromatic carbocycles. The molecule has 0 spiro atoms. The number of piperidine rings is 1. The fraction of sp³-hybridized carbons (Fsp3) is 0.611. The first-order valence-electron chi connectivity index (χ1n) is 9.03. The molecular formula is C18H25N5O. The van der Waals surface area contributed by atoms with Crippen LogP contribution < -0.4 is 5.32 Å². The maximum atomic E-state index is 12.8. The van der Waals surface area contributed by atoms with Crippen molar-refractivity contribution >= 4 is 16.9 Å². The van der Waals surface area contributed by atoms with Gasteiger partial charge in [0.05, 0.1) is 5.39 Å². The van der Waals surface area contributed by atoms with Crippen molar-refractivity contribution in [2.45, 2.75) is 57.7 Å². The lowest BCUT2D eigenvalue weighted by Crippen LogP contribution is -2.48. The Kier molecular flexibility index (Phi) is 4.00. The number of nitrogens with one attached hydrogen (secondary N) is 1. The number of likely N-dealkylation sites (tertiary alicyclic amines) is 1. The molecule has 2 aromatic heterocycles. The number of hydrogen-bond acceptors (Lipinski definition) is 4. The van der Waals surface area contributed by atoms with Crippen LogP contribution in [0.5, 0.6) is 0 Å². The minimum atomic E-state index is -0.0712. The van der Waals surface area contributed by atoms with Crippen LogP contribution in [0.3, 0.4) is 0 Å². The highest BCUT2D eigenvalue weighted by atomic mass is 16.2. The van der Waals surface area contributed by atoms with Crippen molar-refractivity contribution in [2.24, 2.45) is 0 Å². The van der Waals surface area contributed by atoms with Crippen LogP contribution >= 0.6 is 0 Å². The van der Waals surface area contributed by atoms with E-state index in [9.17, 15) is 4.79 Å². The minimum absolute atomic E-state index is 0.0712. The van der Waals surface area contributed by atoms with E-state index in [-0.39, 0.29) is 11.9 Å². The van der Waals surface area contributed by atoms with Crippen molar-refractivity contribution in [3.8, 4) is 0 Å². The van der Waals surface area contributed by atoms with E-state index in [0.717, 1.165) is 37.0 Å². The summed E-state index contributed by atoms with van der Waals surface area (Å²) < 4.78 is 2.18. The third-order valence-corrected chi connectivity index (χ3v) is 5.42. The van der Waals surface area contributed by atoms with Crippen molar-refractivity contribution in [1.82, 2.24) is 24.8 Å². The van der Waals surface area contributed by atoms with E-state index in [1.165, 1.54) is 19.2 Å². The topological polar surface area (TPSA) is 63.1 Å². The van der Waals surface area contributed by atoms with E-state index in [4.69, 9.17) is 0 Å². The number of aromatic nitrogens is 3. The summed E-state index contributed by atoms with van der Waals surface area (Å²) in [6.07, 6.45) is 7.94. The van der Waals surface area contributed by atoms with E-state index >= 15 is 0 Å². The van der Waals surface area contributed by atoms with E-state index in [1.807, 2.05) is 12.3 Å². The molecule has 24 heavy (non-hydrogen) atoms. The third kappa shape index (κ3) is 2.79. The van der Waals surface area contributed by atoms with Gasteiger partial charge in [-0.1, -0.05) is 6.92 Å². The Morgan fingerprint density at radius 2 is 2.17 bits per heavy atom. The zero-order chi connectivity index (χ0) is 16.7. The van der Waals surface area contributed by atoms with Gasteiger partial charge in [-0.25, -0.2) is 9.97 Å². The molecule has 4 rings (SSSR count). The molecule has 128 valence electrons. The van der Waals surface area contributed by atoms with Crippen molar-refractivity contribution in [2.75, 3.05) is 13.1 Å². The molecule has 1 aliphatic heterocycles. The molecule has 1 aliphatic carbocycles. The normalized spacial score (nSPS) is 25.1. The maximum absolute atomic E-state index is 12.8. The van der Waals surface area contributed by atoms with Crippen LogP contribution in [-0.2, 0) is 0 Å². The standard InChI is InChI=1S/C18H25N5O/c1-3-22-8-6-13(10-12(22)2)21-18(24)16-15-7-9-23(14-4-5-14)17(15)20-11-19-16/h7,9,11-14H,3-6,8,10H2,1-2H3,(H,21,24). The summed E-state index contributed by atoms with van der Waals surface area (Å²) in [4.78, 5) is 23.9. The molecule has 2 aromatic rings. The van der Waals surface area contributed by atoms with E-state index < -0.39 is 0 Å². The van der Waals surface area contributed by atoms with Crippen LogP contribution in [0, 0.1) is 0 Å². The highest BCUT2D eigenvalue weighted by Gasteiger charge is 2.28. The number of carbonyl (C=O) groups excluding carboxylic acids is 1. The molecule has 1 amide bonds. The fourth-order valence-corrected chi connectivity index (χ4v) is 3.87. The molecule has 1 N–H and O–H groups in total. The predicted molar refractivity (Wildman–Crippen MR) is 93.0 cm³/mol. The molecule has 2 fully saturated rings. The van der Waals surface area contributed by atoms with E-state index in [0.29, 0.717) is 17.8 Å². The lowest BCUT2D eigenvalue weighted by molar-refractivity contribution is 0.0878. The third-order valence-electron chi connectivity index (χ3n) is 5.42. The highest BCUT2D eigenvalue weighted by molar-refractivity contribution is 6.03. The second-order valence-electron chi connectivity index (χ2n) is 7.09. The Morgan fingerprint density at radius 1 is 1.33 bits per heavy atom. The summed E-state index contributed by atoms with van der Waals surface area (Å²) in [5.41, 5.74) is 1.39. The summed E-state index contributed by atoms with van der Waals surface area (Å²) >= 11 is 0. The molecule has 3 heterocycles. The summed E-state index contributed by atoms with van der Waals surface area (Å²) in [5.74, 6) is -0.0712. The fourth-order valence-electron chi connectivity index (χ4n) is 3.87. The monoisotopic (exact) mass is 327 g/mol. The maximum Gasteiger partial charge on any atom is 0.270 e. The number of carbonyl (C=O) groups is 1. The smallest absolute Gasteiger partial charge is 0.270 e. The van der Waals surface area contributed by atoms with Gasteiger partial charge in [-0.05, 0) is 45.2 Å². The Hall–Kier alpha value is -1.95. The molecule has 2 aliphatic rings. The Morgan fingerprint density at radius 3 is 2.88 bits per heavy atom. The summed E-state index contributed by atoms with van der Waals surface area (Å²) in [5, 5.41) is 4.05. The number of amides is 1.